The molecule has 122 valence electrons. The molecule has 6 heteroatoms. The smallest absolute Gasteiger partial charge is 0.266 e. The molecule has 0 aliphatic heterocycles. The molecule has 0 aliphatic carbocycles. The molecule has 0 fully saturated rings. The molecule has 1 heterocycles. The Bertz CT molecular complexity index is 816. The first-order valence-electron chi connectivity index (χ1n) is 7.55. The largest absolute Gasteiger partial charge is 0.481 e. The van der Waals surface area contributed by atoms with Crippen molar-refractivity contribution in [1.82, 2.24) is 10.2 Å². The van der Waals surface area contributed by atoms with Gasteiger partial charge in [-0.1, -0.05) is 53.8 Å². The molecule has 5 nitrogen and oxygen atoms in total. The van der Waals surface area contributed by atoms with E-state index < -0.39 is 6.10 Å². The lowest BCUT2D eigenvalue weighted by atomic mass is 10.1. The fourth-order valence-corrected chi connectivity index (χ4v) is 2.76. The molecule has 0 spiro atoms. The van der Waals surface area contributed by atoms with E-state index in [2.05, 4.69) is 27.6 Å². The Kier molecular flexibility index (Phi) is 4.86. The fourth-order valence-electron chi connectivity index (χ4n) is 2.17. The van der Waals surface area contributed by atoms with E-state index in [4.69, 9.17) is 4.74 Å². The second-order valence-corrected chi connectivity index (χ2v) is 6.45. The van der Waals surface area contributed by atoms with Gasteiger partial charge in [0.1, 0.15) is 10.8 Å². The first-order valence-corrected chi connectivity index (χ1v) is 8.36. The molecule has 2 aromatic carbocycles. The molecule has 0 saturated carbocycles. The van der Waals surface area contributed by atoms with Gasteiger partial charge < -0.3 is 4.74 Å². The lowest BCUT2D eigenvalue weighted by molar-refractivity contribution is -0.122. The van der Waals surface area contributed by atoms with Crippen molar-refractivity contribution in [3.05, 3.63) is 59.6 Å². The normalized spacial score (nSPS) is 11.8. The van der Waals surface area contributed by atoms with Gasteiger partial charge in [-0.3, -0.25) is 10.1 Å². The summed E-state index contributed by atoms with van der Waals surface area (Å²) in [6.45, 7) is 3.54. The maximum absolute atomic E-state index is 12.1. The van der Waals surface area contributed by atoms with E-state index in [0.29, 0.717) is 10.9 Å². The molecule has 0 aliphatic rings. The molecule has 3 aromatic rings. The number of amides is 1. The molecular formula is C18H17N3O2S. The number of nitrogens with zero attached hydrogens (tertiary/aromatic N) is 2. The zero-order valence-electron chi connectivity index (χ0n) is 13.4. The maximum atomic E-state index is 12.1. The topological polar surface area (TPSA) is 64.1 Å². The Balaban J connectivity index is 1.62. The van der Waals surface area contributed by atoms with Crippen molar-refractivity contribution in [3.8, 4) is 16.9 Å². The van der Waals surface area contributed by atoms with Gasteiger partial charge in [-0.05, 0) is 37.1 Å². The number of aromatic nitrogens is 2. The van der Waals surface area contributed by atoms with Crippen LogP contribution in [-0.4, -0.2) is 22.2 Å². The van der Waals surface area contributed by atoms with Crippen molar-refractivity contribution in [2.45, 2.75) is 20.0 Å². The molecule has 24 heavy (non-hydrogen) atoms. The zero-order valence-corrected chi connectivity index (χ0v) is 14.2. The lowest BCUT2D eigenvalue weighted by Crippen LogP contribution is -2.30. The minimum Gasteiger partial charge on any atom is -0.481 e. The number of hydrogen-bond donors (Lipinski definition) is 1. The number of ether oxygens (including phenoxy) is 1. The number of aryl methyl sites for hydroxylation is 1. The SMILES string of the molecule is Cc1nnc(NC(=O)[C@H](C)Oc2ccc(-c3ccccc3)cc2)s1. The Morgan fingerprint density at radius 3 is 2.33 bits per heavy atom. The van der Waals surface area contributed by atoms with E-state index >= 15 is 0 Å². The van der Waals surface area contributed by atoms with Crippen molar-refractivity contribution in [2.24, 2.45) is 0 Å². The highest BCUT2D eigenvalue weighted by molar-refractivity contribution is 7.15. The molecule has 1 amide bonds. The molecule has 1 N–H and O–H groups in total. The summed E-state index contributed by atoms with van der Waals surface area (Å²) in [5, 5.41) is 11.7. The number of carbonyl (C=O) groups is 1. The van der Waals surface area contributed by atoms with Crippen LogP contribution in [-0.2, 0) is 4.79 Å². The first-order chi connectivity index (χ1) is 11.6. The van der Waals surface area contributed by atoms with Crippen molar-refractivity contribution < 1.29 is 9.53 Å². The van der Waals surface area contributed by atoms with Gasteiger partial charge in [0.25, 0.3) is 5.91 Å². The van der Waals surface area contributed by atoms with Gasteiger partial charge in [0.2, 0.25) is 5.13 Å². The monoisotopic (exact) mass is 339 g/mol. The Labute approximate surface area is 144 Å². The number of anilines is 1. The predicted molar refractivity (Wildman–Crippen MR) is 95.2 cm³/mol. The summed E-state index contributed by atoms with van der Waals surface area (Å²) in [6.07, 6.45) is -0.628. The standard InChI is InChI=1S/C18H17N3O2S/c1-12(17(22)19-18-21-20-13(2)24-18)23-16-10-8-15(9-11-16)14-6-4-3-5-7-14/h3-12H,1-2H3,(H,19,21,22)/t12-/m0/s1. The van der Waals surface area contributed by atoms with Crippen LogP contribution in [0.15, 0.2) is 54.6 Å². The lowest BCUT2D eigenvalue weighted by Gasteiger charge is -2.14. The van der Waals surface area contributed by atoms with Crippen LogP contribution in [0.3, 0.4) is 0 Å². The molecule has 3 rings (SSSR count). The average Bonchev–Trinajstić information content (AvgIpc) is 3.01. The highest BCUT2D eigenvalue weighted by atomic mass is 32.1. The van der Waals surface area contributed by atoms with Crippen LogP contribution in [0.5, 0.6) is 5.75 Å². The highest BCUT2D eigenvalue weighted by Gasteiger charge is 2.16. The summed E-state index contributed by atoms with van der Waals surface area (Å²) < 4.78 is 5.69. The van der Waals surface area contributed by atoms with Crippen LogP contribution in [0, 0.1) is 6.92 Å². The zero-order chi connectivity index (χ0) is 16.9. The first kappa shape index (κ1) is 16.1. The summed E-state index contributed by atoms with van der Waals surface area (Å²) >= 11 is 1.33. The van der Waals surface area contributed by atoms with Gasteiger partial charge in [-0.25, -0.2) is 0 Å². The van der Waals surface area contributed by atoms with E-state index in [1.165, 1.54) is 11.3 Å². The minimum atomic E-state index is -0.628. The fraction of sp³-hybridized carbons (Fsp3) is 0.167. The number of carbonyl (C=O) groups excluding carboxylic acids is 1. The molecule has 0 bridgehead atoms. The summed E-state index contributed by atoms with van der Waals surface area (Å²) in [5.74, 6) is 0.393. The second-order valence-electron chi connectivity index (χ2n) is 5.27. The van der Waals surface area contributed by atoms with Gasteiger partial charge in [0, 0.05) is 0 Å². The Morgan fingerprint density at radius 1 is 1.04 bits per heavy atom. The van der Waals surface area contributed by atoms with Gasteiger partial charge >= 0.3 is 0 Å². The summed E-state index contributed by atoms with van der Waals surface area (Å²) in [4.78, 5) is 12.1. The molecule has 1 aromatic heterocycles. The third kappa shape index (κ3) is 3.97. The number of nitrogens with one attached hydrogen (secondary N) is 1. The van der Waals surface area contributed by atoms with Crippen LogP contribution in [0.1, 0.15) is 11.9 Å². The maximum Gasteiger partial charge on any atom is 0.266 e. The van der Waals surface area contributed by atoms with Crippen molar-refractivity contribution in [1.29, 1.82) is 0 Å². The minimum absolute atomic E-state index is 0.252. The van der Waals surface area contributed by atoms with Crippen LogP contribution in [0.25, 0.3) is 11.1 Å². The third-order valence-corrected chi connectivity index (χ3v) is 4.15. The van der Waals surface area contributed by atoms with Crippen LogP contribution in [0.2, 0.25) is 0 Å². The molecular weight excluding hydrogens is 322 g/mol. The molecule has 0 unspecified atom stereocenters. The van der Waals surface area contributed by atoms with E-state index in [0.717, 1.165) is 16.1 Å². The molecule has 0 saturated heterocycles. The predicted octanol–water partition coefficient (Wildman–Crippen LogP) is 3.92. The van der Waals surface area contributed by atoms with Gasteiger partial charge in [0.15, 0.2) is 6.10 Å². The van der Waals surface area contributed by atoms with E-state index in [9.17, 15) is 4.79 Å². The third-order valence-electron chi connectivity index (χ3n) is 3.40. The summed E-state index contributed by atoms with van der Waals surface area (Å²) in [7, 11) is 0. The van der Waals surface area contributed by atoms with E-state index in [1.54, 1.807) is 6.92 Å². The van der Waals surface area contributed by atoms with Crippen LogP contribution < -0.4 is 10.1 Å². The Morgan fingerprint density at radius 2 is 1.71 bits per heavy atom. The summed E-state index contributed by atoms with van der Waals surface area (Å²) in [6, 6.07) is 17.8. The van der Waals surface area contributed by atoms with Crippen molar-refractivity contribution in [2.75, 3.05) is 5.32 Å². The number of hydrogen-bond acceptors (Lipinski definition) is 5. The van der Waals surface area contributed by atoms with Crippen LogP contribution in [0.4, 0.5) is 5.13 Å². The van der Waals surface area contributed by atoms with E-state index in [-0.39, 0.29) is 5.91 Å². The van der Waals surface area contributed by atoms with Crippen molar-refractivity contribution >= 4 is 22.4 Å². The molecule has 0 radical (unpaired) electrons. The van der Waals surface area contributed by atoms with Crippen LogP contribution >= 0.6 is 11.3 Å². The second kappa shape index (κ2) is 7.23. The number of benzene rings is 2. The number of rotatable bonds is 5. The highest BCUT2D eigenvalue weighted by Crippen LogP contribution is 2.23. The van der Waals surface area contributed by atoms with E-state index in [1.807, 2.05) is 49.4 Å². The molecule has 1 atom stereocenters. The Hall–Kier alpha value is -2.73. The van der Waals surface area contributed by atoms with Crippen molar-refractivity contribution in [3.63, 3.8) is 0 Å². The van der Waals surface area contributed by atoms with Gasteiger partial charge in [-0.15, -0.1) is 10.2 Å². The van der Waals surface area contributed by atoms with Gasteiger partial charge in [0.05, 0.1) is 0 Å². The quantitative estimate of drug-likeness (QED) is 0.765. The average molecular weight is 339 g/mol. The summed E-state index contributed by atoms with van der Waals surface area (Å²) in [5.41, 5.74) is 2.24. The van der Waals surface area contributed by atoms with Gasteiger partial charge in [-0.2, -0.15) is 0 Å².